The fraction of sp³-hybridized carbons (Fsp3) is 0.421. The number of rotatable bonds is 10. The molecule has 0 aliphatic carbocycles. The standard InChI is InChI=1S/C19H25NO6/c1-4-13-26-15-10-8-7-9-14(15)11-12-16(21)20-17(18(22)24-5-2)19(23)25-6-3/h7-12,17H,4-6,13H2,1-3H3,(H,20,21)/b12-11+. The second-order valence-corrected chi connectivity index (χ2v) is 5.17. The van der Waals surface area contributed by atoms with Gasteiger partial charge in [-0.05, 0) is 32.4 Å². The van der Waals surface area contributed by atoms with E-state index in [2.05, 4.69) is 5.32 Å². The van der Waals surface area contributed by atoms with Gasteiger partial charge in [0.25, 0.3) is 0 Å². The number of benzene rings is 1. The molecule has 0 saturated heterocycles. The molecule has 0 radical (unpaired) electrons. The third kappa shape index (κ3) is 6.96. The van der Waals surface area contributed by atoms with Crippen molar-refractivity contribution in [2.75, 3.05) is 19.8 Å². The first-order valence-electron chi connectivity index (χ1n) is 8.57. The summed E-state index contributed by atoms with van der Waals surface area (Å²) in [7, 11) is 0. The van der Waals surface area contributed by atoms with Gasteiger partial charge >= 0.3 is 11.9 Å². The van der Waals surface area contributed by atoms with Crippen molar-refractivity contribution < 1.29 is 28.6 Å². The molecule has 7 nitrogen and oxygen atoms in total. The highest BCUT2D eigenvalue weighted by Gasteiger charge is 2.30. The van der Waals surface area contributed by atoms with Gasteiger partial charge in [0.15, 0.2) is 0 Å². The van der Waals surface area contributed by atoms with E-state index in [9.17, 15) is 14.4 Å². The highest BCUT2D eigenvalue weighted by molar-refractivity contribution is 6.04. The van der Waals surface area contributed by atoms with E-state index >= 15 is 0 Å². The summed E-state index contributed by atoms with van der Waals surface area (Å²) in [5.41, 5.74) is 0.708. The van der Waals surface area contributed by atoms with Crippen molar-refractivity contribution >= 4 is 23.9 Å². The lowest BCUT2D eigenvalue weighted by Gasteiger charge is -2.14. The molecule has 0 aliphatic heterocycles. The molecule has 0 spiro atoms. The minimum Gasteiger partial charge on any atom is -0.493 e. The van der Waals surface area contributed by atoms with Crippen LogP contribution in [0.5, 0.6) is 5.75 Å². The molecular formula is C19H25NO6. The molecule has 142 valence electrons. The maximum absolute atomic E-state index is 12.1. The Morgan fingerprint density at radius 1 is 1.04 bits per heavy atom. The van der Waals surface area contributed by atoms with Crippen molar-refractivity contribution in [2.24, 2.45) is 0 Å². The first-order chi connectivity index (χ1) is 12.5. The normalized spacial score (nSPS) is 10.6. The lowest BCUT2D eigenvalue weighted by Crippen LogP contribution is -2.47. The molecule has 0 unspecified atom stereocenters. The Balaban J connectivity index is 2.82. The molecular weight excluding hydrogens is 338 g/mol. The maximum atomic E-state index is 12.1. The van der Waals surface area contributed by atoms with E-state index in [0.717, 1.165) is 6.42 Å². The minimum absolute atomic E-state index is 0.0859. The van der Waals surface area contributed by atoms with E-state index in [1.807, 2.05) is 19.1 Å². The van der Waals surface area contributed by atoms with Crippen LogP contribution < -0.4 is 10.1 Å². The predicted molar refractivity (Wildman–Crippen MR) is 96.5 cm³/mol. The zero-order valence-electron chi connectivity index (χ0n) is 15.3. The van der Waals surface area contributed by atoms with Gasteiger partial charge in [0.2, 0.25) is 11.9 Å². The number of hydrogen-bond acceptors (Lipinski definition) is 6. The van der Waals surface area contributed by atoms with Crippen LogP contribution in [0.2, 0.25) is 0 Å². The molecule has 7 heteroatoms. The topological polar surface area (TPSA) is 90.9 Å². The number of esters is 2. The largest absolute Gasteiger partial charge is 0.493 e. The Morgan fingerprint density at radius 2 is 1.65 bits per heavy atom. The lowest BCUT2D eigenvalue weighted by molar-refractivity contribution is -0.159. The second-order valence-electron chi connectivity index (χ2n) is 5.17. The number of para-hydroxylation sites is 1. The average molecular weight is 363 g/mol. The van der Waals surface area contributed by atoms with E-state index in [4.69, 9.17) is 14.2 Å². The molecule has 1 aromatic rings. The monoisotopic (exact) mass is 363 g/mol. The van der Waals surface area contributed by atoms with E-state index < -0.39 is 23.9 Å². The highest BCUT2D eigenvalue weighted by Crippen LogP contribution is 2.19. The molecule has 0 atom stereocenters. The summed E-state index contributed by atoms with van der Waals surface area (Å²) >= 11 is 0. The Bertz CT molecular complexity index is 623. The molecule has 0 heterocycles. The summed E-state index contributed by atoms with van der Waals surface area (Å²) < 4.78 is 15.2. The first-order valence-corrected chi connectivity index (χ1v) is 8.57. The van der Waals surface area contributed by atoms with Crippen molar-refractivity contribution in [1.29, 1.82) is 0 Å². The van der Waals surface area contributed by atoms with Crippen molar-refractivity contribution in [3.8, 4) is 5.75 Å². The van der Waals surface area contributed by atoms with E-state index in [-0.39, 0.29) is 13.2 Å². The van der Waals surface area contributed by atoms with Crippen molar-refractivity contribution in [2.45, 2.75) is 33.2 Å². The van der Waals surface area contributed by atoms with Crippen LogP contribution >= 0.6 is 0 Å². The average Bonchev–Trinajstić information content (AvgIpc) is 2.63. The van der Waals surface area contributed by atoms with Gasteiger partial charge in [0.1, 0.15) is 5.75 Å². The number of amides is 1. The van der Waals surface area contributed by atoms with Crippen LogP contribution in [-0.4, -0.2) is 43.7 Å². The zero-order chi connectivity index (χ0) is 19.4. The molecule has 1 amide bonds. The predicted octanol–water partition coefficient (Wildman–Crippen LogP) is 2.10. The third-order valence-electron chi connectivity index (χ3n) is 3.13. The van der Waals surface area contributed by atoms with Crippen molar-refractivity contribution in [1.82, 2.24) is 5.32 Å². The fourth-order valence-corrected chi connectivity index (χ4v) is 1.98. The summed E-state index contributed by atoms with van der Waals surface area (Å²) in [4.78, 5) is 35.8. The summed E-state index contributed by atoms with van der Waals surface area (Å²) in [6.45, 7) is 5.94. The van der Waals surface area contributed by atoms with Gasteiger partial charge in [-0.1, -0.05) is 25.1 Å². The third-order valence-corrected chi connectivity index (χ3v) is 3.13. The van der Waals surface area contributed by atoms with Gasteiger partial charge < -0.3 is 19.5 Å². The SMILES string of the molecule is CCCOc1ccccc1/C=C/C(=O)NC(C(=O)OCC)C(=O)OCC. The summed E-state index contributed by atoms with van der Waals surface area (Å²) in [6, 6.07) is 5.74. The van der Waals surface area contributed by atoms with Crippen LogP contribution in [0.25, 0.3) is 6.08 Å². The second kappa shape index (κ2) is 11.7. The zero-order valence-corrected chi connectivity index (χ0v) is 15.3. The van der Waals surface area contributed by atoms with Gasteiger partial charge in [-0.15, -0.1) is 0 Å². The Hall–Kier alpha value is -2.83. The molecule has 0 aliphatic rings. The van der Waals surface area contributed by atoms with Crippen LogP contribution in [0.3, 0.4) is 0 Å². The Morgan fingerprint density at radius 3 is 2.23 bits per heavy atom. The van der Waals surface area contributed by atoms with Crippen LogP contribution in [-0.2, 0) is 23.9 Å². The molecule has 1 aromatic carbocycles. The van der Waals surface area contributed by atoms with E-state index in [0.29, 0.717) is 17.9 Å². The molecule has 1 rings (SSSR count). The number of carbonyl (C=O) groups is 3. The molecule has 26 heavy (non-hydrogen) atoms. The molecule has 0 saturated carbocycles. The summed E-state index contributed by atoms with van der Waals surface area (Å²) in [5, 5.41) is 2.30. The maximum Gasteiger partial charge on any atom is 0.340 e. The van der Waals surface area contributed by atoms with E-state index in [1.165, 1.54) is 6.08 Å². The van der Waals surface area contributed by atoms with Gasteiger partial charge in [-0.2, -0.15) is 0 Å². The Kier molecular flexibility index (Phi) is 9.53. The number of nitrogens with one attached hydrogen (secondary N) is 1. The summed E-state index contributed by atoms with van der Waals surface area (Å²) in [5.74, 6) is -1.70. The van der Waals surface area contributed by atoms with Crippen molar-refractivity contribution in [3.63, 3.8) is 0 Å². The molecule has 0 bridgehead atoms. The minimum atomic E-state index is -1.50. The smallest absolute Gasteiger partial charge is 0.340 e. The van der Waals surface area contributed by atoms with Crippen LogP contribution in [0.1, 0.15) is 32.8 Å². The summed E-state index contributed by atoms with van der Waals surface area (Å²) in [6.07, 6.45) is 3.63. The van der Waals surface area contributed by atoms with Gasteiger partial charge in [-0.3, -0.25) is 4.79 Å². The molecule has 1 N–H and O–H groups in total. The first kappa shape index (κ1) is 21.2. The number of ether oxygens (including phenoxy) is 3. The lowest BCUT2D eigenvalue weighted by atomic mass is 10.2. The van der Waals surface area contributed by atoms with Crippen LogP contribution in [0, 0.1) is 0 Å². The number of carbonyl (C=O) groups excluding carboxylic acids is 3. The van der Waals surface area contributed by atoms with Crippen LogP contribution in [0.4, 0.5) is 0 Å². The molecule has 0 fully saturated rings. The fourth-order valence-electron chi connectivity index (χ4n) is 1.98. The van der Waals surface area contributed by atoms with Gasteiger partial charge in [-0.25, -0.2) is 9.59 Å². The van der Waals surface area contributed by atoms with Gasteiger partial charge in [0.05, 0.1) is 19.8 Å². The van der Waals surface area contributed by atoms with Gasteiger partial charge in [0, 0.05) is 11.6 Å². The highest BCUT2D eigenvalue weighted by atomic mass is 16.6. The number of hydrogen-bond donors (Lipinski definition) is 1. The quantitative estimate of drug-likeness (QED) is 0.389. The van der Waals surface area contributed by atoms with Crippen LogP contribution in [0.15, 0.2) is 30.3 Å². The van der Waals surface area contributed by atoms with Crippen molar-refractivity contribution in [3.05, 3.63) is 35.9 Å². The Labute approximate surface area is 153 Å². The molecule has 0 aromatic heterocycles. The van der Waals surface area contributed by atoms with E-state index in [1.54, 1.807) is 32.1 Å².